The number of methoxy groups -OCH3 is 2. The topological polar surface area (TPSA) is 46.6 Å². The van der Waals surface area contributed by atoms with Crippen LogP contribution in [0, 0.1) is 0 Å². The Morgan fingerprint density at radius 2 is 2.00 bits per heavy atom. The molecular formula is C14H22ClN3O2. The van der Waals surface area contributed by atoms with Gasteiger partial charge in [-0.3, -0.25) is 0 Å². The van der Waals surface area contributed by atoms with Crippen LogP contribution in [0.4, 0.5) is 5.82 Å². The Morgan fingerprint density at radius 3 is 2.55 bits per heavy atom. The van der Waals surface area contributed by atoms with Gasteiger partial charge in [0.2, 0.25) is 0 Å². The van der Waals surface area contributed by atoms with E-state index in [9.17, 15) is 0 Å². The molecule has 1 aliphatic heterocycles. The minimum Gasteiger partial charge on any atom is -0.377 e. The first-order valence-corrected chi connectivity index (χ1v) is 7.23. The molecule has 1 fully saturated rings. The molecule has 1 N–H and O–H groups in total. The van der Waals surface area contributed by atoms with E-state index in [2.05, 4.69) is 22.1 Å². The summed E-state index contributed by atoms with van der Waals surface area (Å²) in [6.45, 7) is 5.30. The summed E-state index contributed by atoms with van der Waals surface area (Å²) in [5.74, 6) is 0.920. The van der Waals surface area contributed by atoms with Gasteiger partial charge in [0.15, 0.2) is 0 Å². The highest BCUT2D eigenvalue weighted by molar-refractivity contribution is 6.31. The van der Waals surface area contributed by atoms with E-state index in [1.807, 2.05) is 6.07 Å². The lowest BCUT2D eigenvalue weighted by Gasteiger charge is -2.18. The van der Waals surface area contributed by atoms with E-state index >= 15 is 0 Å². The molecule has 0 amide bonds. The molecule has 0 radical (unpaired) electrons. The summed E-state index contributed by atoms with van der Waals surface area (Å²) >= 11 is 6.18. The predicted octanol–water partition coefficient (Wildman–Crippen LogP) is 1.69. The normalized spacial score (nSPS) is 22.5. The fourth-order valence-electron chi connectivity index (χ4n) is 2.42. The van der Waals surface area contributed by atoms with E-state index in [0.717, 1.165) is 37.6 Å². The van der Waals surface area contributed by atoms with Crippen molar-refractivity contribution in [3.8, 4) is 0 Å². The van der Waals surface area contributed by atoms with Gasteiger partial charge in [0, 0.05) is 40.1 Å². The largest absolute Gasteiger partial charge is 0.377 e. The third kappa shape index (κ3) is 3.41. The Hall–Kier alpha value is -0.880. The molecule has 0 aromatic carbocycles. The van der Waals surface area contributed by atoms with Crippen molar-refractivity contribution in [1.82, 2.24) is 10.3 Å². The quantitative estimate of drug-likeness (QED) is 0.866. The molecule has 1 aliphatic rings. The van der Waals surface area contributed by atoms with Gasteiger partial charge in [0.05, 0.1) is 5.02 Å². The SMILES string of the molecule is CCNCc1cc(N2CC(OC)C(OC)C2)ncc1Cl. The van der Waals surface area contributed by atoms with Crippen LogP contribution in [0.25, 0.3) is 0 Å². The second kappa shape index (κ2) is 7.22. The van der Waals surface area contributed by atoms with Crippen LogP contribution in [0.5, 0.6) is 0 Å². The molecule has 0 spiro atoms. The standard InChI is InChI=1S/C14H22ClN3O2/c1-4-16-6-10-5-14(17-7-11(10)15)18-8-12(19-2)13(9-18)20-3/h5,7,12-13,16H,4,6,8-9H2,1-3H3. The fourth-order valence-corrected chi connectivity index (χ4v) is 2.59. The Labute approximate surface area is 125 Å². The first kappa shape index (κ1) is 15.5. The van der Waals surface area contributed by atoms with Crippen LogP contribution in [0.3, 0.4) is 0 Å². The molecule has 112 valence electrons. The Morgan fingerprint density at radius 1 is 1.35 bits per heavy atom. The highest BCUT2D eigenvalue weighted by atomic mass is 35.5. The van der Waals surface area contributed by atoms with Crippen LogP contribution >= 0.6 is 11.6 Å². The number of pyridine rings is 1. The minimum absolute atomic E-state index is 0.0784. The van der Waals surface area contributed by atoms with Crippen molar-refractivity contribution in [2.75, 3.05) is 38.8 Å². The van der Waals surface area contributed by atoms with E-state index in [4.69, 9.17) is 21.1 Å². The molecule has 1 aromatic rings. The van der Waals surface area contributed by atoms with Gasteiger partial charge >= 0.3 is 0 Å². The number of halogens is 1. The van der Waals surface area contributed by atoms with E-state index in [1.165, 1.54) is 0 Å². The summed E-state index contributed by atoms with van der Waals surface area (Å²) in [6.07, 6.45) is 1.87. The number of ether oxygens (including phenoxy) is 2. The van der Waals surface area contributed by atoms with Crippen molar-refractivity contribution in [2.24, 2.45) is 0 Å². The van der Waals surface area contributed by atoms with Gasteiger partial charge in [-0.2, -0.15) is 0 Å². The third-order valence-corrected chi connectivity index (χ3v) is 3.97. The lowest BCUT2D eigenvalue weighted by Crippen LogP contribution is -2.27. The zero-order chi connectivity index (χ0) is 14.5. The Bertz CT molecular complexity index is 432. The van der Waals surface area contributed by atoms with Crippen LogP contribution in [0.1, 0.15) is 12.5 Å². The molecular weight excluding hydrogens is 278 g/mol. The molecule has 2 unspecified atom stereocenters. The highest BCUT2D eigenvalue weighted by Gasteiger charge is 2.33. The van der Waals surface area contributed by atoms with Crippen LogP contribution < -0.4 is 10.2 Å². The maximum absolute atomic E-state index is 6.18. The number of anilines is 1. The van der Waals surface area contributed by atoms with Crippen LogP contribution in [-0.4, -0.2) is 51.0 Å². The summed E-state index contributed by atoms with van der Waals surface area (Å²) in [5.41, 5.74) is 1.06. The minimum atomic E-state index is 0.0784. The van der Waals surface area contributed by atoms with Gasteiger partial charge in [0.25, 0.3) is 0 Å². The average Bonchev–Trinajstić information content (AvgIpc) is 2.89. The second-order valence-corrected chi connectivity index (χ2v) is 5.27. The molecule has 0 saturated carbocycles. The number of rotatable bonds is 6. The zero-order valence-corrected chi connectivity index (χ0v) is 13.0. The van der Waals surface area contributed by atoms with Crippen molar-refractivity contribution in [3.05, 3.63) is 22.8 Å². The Balaban J connectivity index is 2.13. The van der Waals surface area contributed by atoms with Crippen molar-refractivity contribution in [3.63, 3.8) is 0 Å². The van der Waals surface area contributed by atoms with Gasteiger partial charge in [0.1, 0.15) is 18.0 Å². The summed E-state index contributed by atoms with van der Waals surface area (Å²) in [5, 5.41) is 3.98. The van der Waals surface area contributed by atoms with Gasteiger partial charge < -0.3 is 19.7 Å². The first-order valence-electron chi connectivity index (χ1n) is 6.85. The van der Waals surface area contributed by atoms with Gasteiger partial charge in [-0.15, -0.1) is 0 Å². The van der Waals surface area contributed by atoms with Crippen LogP contribution in [0.15, 0.2) is 12.3 Å². The molecule has 20 heavy (non-hydrogen) atoms. The lowest BCUT2D eigenvalue weighted by molar-refractivity contribution is -0.00461. The first-order chi connectivity index (χ1) is 9.69. The van der Waals surface area contributed by atoms with Crippen molar-refractivity contribution >= 4 is 17.4 Å². The maximum atomic E-state index is 6.18. The molecule has 5 nitrogen and oxygen atoms in total. The monoisotopic (exact) mass is 299 g/mol. The van der Waals surface area contributed by atoms with Crippen molar-refractivity contribution in [2.45, 2.75) is 25.7 Å². The van der Waals surface area contributed by atoms with E-state index in [-0.39, 0.29) is 12.2 Å². The van der Waals surface area contributed by atoms with Crippen LogP contribution in [-0.2, 0) is 16.0 Å². The Kier molecular flexibility index (Phi) is 5.60. The molecule has 0 bridgehead atoms. The number of aromatic nitrogens is 1. The van der Waals surface area contributed by atoms with E-state index in [0.29, 0.717) is 5.02 Å². The summed E-state index contributed by atoms with van der Waals surface area (Å²) in [7, 11) is 3.43. The smallest absolute Gasteiger partial charge is 0.129 e. The van der Waals surface area contributed by atoms with Crippen molar-refractivity contribution < 1.29 is 9.47 Å². The van der Waals surface area contributed by atoms with E-state index in [1.54, 1.807) is 20.4 Å². The molecule has 1 saturated heterocycles. The summed E-state index contributed by atoms with van der Waals surface area (Å²) < 4.78 is 10.9. The molecule has 2 rings (SSSR count). The van der Waals surface area contributed by atoms with Gasteiger partial charge in [-0.1, -0.05) is 18.5 Å². The molecule has 6 heteroatoms. The van der Waals surface area contributed by atoms with Gasteiger partial charge in [-0.25, -0.2) is 4.98 Å². The predicted molar refractivity (Wildman–Crippen MR) is 80.4 cm³/mol. The molecule has 1 aromatic heterocycles. The summed E-state index contributed by atoms with van der Waals surface area (Å²) in [4.78, 5) is 6.60. The van der Waals surface area contributed by atoms with E-state index < -0.39 is 0 Å². The molecule has 2 atom stereocenters. The highest BCUT2D eigenvalue weighted by Crippen LogP contribution is 2.25. The molecule has 2 heterocycles. The zero-order valence-electron chi connectivity index (χ0n) is 12.2. The third-order valence-electron chi connectivity index (χ3n) is 3.63. The van der Waals surface area contributed by atoms with Crippen molar-refractivity contribution in [1.29, 1.82) is 0 Å². The number of nitrogens with zero attached hydrogens (tertiary/aromatic N) is 2. The second-order valence-electron chi connectivity index (χ2n) is 4.87. The van der Waals surface area contributed by atoms with Gasteiger partial charge in [-0.05, 0) is 18.2 Å². The average molecular weight is 300 g/mol. The van der Waals surface area contributed by atoms with Crippen LogP contribution in [0.2, 0.25) is 5.02 Å². The maximum Gasteiger partial charge on any atom is 0.129 e. The summed E-state index contributed by atoms with van der Waals surface area (Å²) in [6, 6.07) is 2.04. The lowest BCUT2D eigenvalue weighted by atomic mass is 10.2. The number of hydrogen-bond donors (Lipinski definition) is 1. The fraction of sp³-hybridized carbons (Fsp3) is 0.643. The number of nitrogens with one attached hydrogen (secondary N) is 1. The molecule has 0 aliphatic carbocycles. The number of hydrogen-bond acceptors (Lipinski definition) is 5.